The van der Waals surface area contributed by atoms with E-state index in [2.05, 4.69) is 25.0 Å². The standard InChI is InChI=1S/C28H29N5O2S/c1-21-13-15-23(16-14-21)35-25-12-6-5-11-24(25)29-27(34)20-36-28-31-30-26(19-32-17-7-8-18-32)33(28)22-9-3-2-4-10-22/h2-6,9-16H,7-8,17-20H2,1H3,(H,29,34). The van der Waals surface area contributed by atoms with Crippen molar-refractivity contribution in [1.29, 1.82) is 0 Å². The fourth-order valence-corrected chi connectivity index (χ4v) is 4.95. The van der Waals surface area contributed by atoms with Gasteiger partial charge in [0.25, 0.3) is 0 Å². The first kappa shape index (κ1) is 24.1. The highest BCUT2D eigenvalue weighted by Gasteiger charge is 2.20. The summed E-state index contributed by atoms with van der Waals surface area (Å²) in [5.41, 5.74) is 2.78. The van der Waals surface area contributed by atoms with Crippen molar-refractivity contribution in [1.82, 2.24) is 19.7 Å². The molecule has 1 N–H and O–H groups in total. The molecule has 1 saturated heterocycles. The first-order valence-electron chi connectivity index (χ1n) is 12.1. The summed E-state index contributed by atoms with van der Waals surface area (Å²) < 4.78 is 8.08. The number of hydrogen-bond acceptors (Lipinski definition) is 6. The quantitative estimate of drug-likeness (QED) is 0.298. The Labute approximate surface area is 215 Å². The molecule has 0 spiro atoms. The summed E-state index contributed by atoms with van der Waals surface area (Å²) in [6.07, 6.45) is 2.44. The van der Waals surface area contributed by atoms with E-state index < -0.39 is 0 Å². The maximum absolute atomic E-state index is 12.9. The molecule has 5 rings (SSSR count). The van der Waals surface area contributed by atoms with E-state index in [1.54, 1.807) is 0 Å². The summed E-state index contributed by atoms with van der Waals surface area (Å²) in [4.78, 5) is 15.3. The van der Waals surface area contributed by atoms with Crippen LogP contribution < -0.4 is 10.1 Å². The van der Waals surface area contributed by atoms with Crippen LogP contribution in [0.1, 0.15) is 24.2 Å². The fourth-order valence-electron chi connectivity index (χ4n) is 4.18. The van der Waals surface area contributed by atoms with Gasteiger partial charge < -0.3 is 10.1 Å². The Hall–Kier alpha value is -3.62. The Morgan fingerprint density at radius 3 is 2.44 bits per heavy atom. The zero-order chi connectivity index (χ0) is 24.7. The third-order valence-electron chi connectivity index (χ3n) is 6.02. The Morgan fingerprint density at radius 2 is 1.67 bits per heavy atom. The third kappa shape index (κ3) is 5.95. The summed E-state index contributed by atoms with van der Waals surface area (Å²) in [6.45, 7) is 4.94. The number of nitrogens with one attached hydrogen (secondary N) is 1. The van der Waals surface area contributed by atoms with Gasteiger partial charge in [0.05, 0.1) is 18.0 Å². The van der Waals surface area contributed by atoms with Crippen LogP contribution in [0.3, 0.4) is 0 Å². The van der Waals surface area contributed by atoms with E-state index in [0.717, 1.165) is 42.5 Å². The first-order chi connectivity index (χ1) is 17.7. The van der Waals surface area contributed by atoms with Crippen molar-refractivity contribution < 1.29 is 9.53 Å². The van der Waals surface area contributed by atoms with E-state index in [1.165, 1.54) is 24.6 Å². The topological polar surface area (TPSA) is 72.3 Å². The molecule has 1 amide bonds. The predicted molar refractivity (Wildman–Crippen MR) is 143 cm³/mol. The van der Waals surface area contributed by atoms with Gasteiger partial charge in [-0.05, 0) is 69.3 Å². The van der Waals surface area contributed by atoms with E-state index in [1.807, 2.05) is 85.8 Å². The molecule has 0 radical (unpaired) electrons. The number of carbonyl (C=O) groups is 1. The van der Waals surface area contributed by atoms with E-state index >= 15 is 0 Å². The number of ether oxygens (including phenoxy) is 1. The van der Waals surface area contributed by atoms with Crippen LogP contribution in [0.5, 0.6) is 11.5 Å². The molecular weight excluding hydrogens is 470 g/mol. The minimum absolute atomic E-state index is 0.135. The predicted octanol–water partition coefficient (Wildman–Crippen LogP) is 5.69. The molecule has 0 unspecified atom stereocenters. The lowest BCUT2D eigenvalue weighted by Gasteiger charge is -2.16. The Kier molecular flexibility index (Phi) is 7.64. The van der Waals surface area contributed by atoms with Crippen molar-refractivity contribution in [2.24, 2.45) is 0 Å². The highest BCUT2D eigenvalue weighted by Crippen LogP contribution is 2.30. The molecule has 1 aliphatic heterocycles. The molecule has 1 fully saturated rings. The SMILES string of the molecule is Cc1ccc(Oc2ccccc2NC(=O)CSc2nnc(CN3CCCC3)n2-c2ccccc2)cc1. The number of benzene rings is 3. The minimum Gasteiger partial charge on any atom is -0.455 e. The molecule has 2 heterocycles. The zero-order valence-electron chi connectivity index (χ0n) is 20.3. The van der Waals surface area contributed by atoms with Crippen molar-refractivity contribution in [3.63, 3.8) is 0 Å². The Balaban J connectivity index is 1.28. The van der Waals surface area contributed by atoms with Gasteiger partial charge in [-0.3, -0.25) is 14.3 Å². The number of amides is 1. The van der Waals surface area contributed by atoms with Crippen LogP contribution in [0.25, 0.3) is 5.69 Å². The van der Waals surface area contributed by atoms with Crippen LogP contribution in [0, 0.1) is 6.92 Å². The number of hydrogen-bond donors (Lipinski definition) is 1. The summed E-state index contributed by atoms with van der Waals surface area (Å²) in [7, 11) is 0. The number of rotatable bonds is 9. The largest absolute Gasteiger partial charge is 0.455 e. The van der Waals surface area contributed by atoms with E-state index in [-0.39, 0.29) is 11.7 Å². The van der Waals surface area contributed by atoms with Gasteiger partial charge in [0.15, 0.2) is 16.7 Å². The maximum Gasteiger partial charge on any atom is 0.234 e. The van der Waals surface area contributed by atoms with Crippen LogP contribution in [-0.4, -0.2) is 44.4 Å². The van der Waals surface area contributed by atoms with E-state index in [4.69, 9.17) is 4.74 Å². The van der Waals surface area contributed by atoms with Crippen molar-refractivity contribution in [3.8, 4) is 17.2 Å². The summed E-state index contributed by atoms with van der Waals surface area (Å²) in [5.74, 6) is 2.28. The van der Waals surface area contributed by atoms with Gasteiger partial charge in [-0.1, -0.05) is 59.8 Å². The lowest BCUT2D eigenvalue weighted by atomic mass is 10.2. The van der Waals surface area contributed by atoms with Gasteiger partial charge in [-0.15, -0.1) is 10.2 Å². The van der Waals surface area contributed by atoms with E-state index in [9.17, 15) is 4.79 Å². The summed E-state index contributed by atoms with van der Waals surface area (Å²) in [6, 6.07) is 25.3. The monoisotopic (exact) mass is 499 g/mol. The number of nitrogens with zero attached hydrogens (tertiary/aromatic N) is 4. The molecule has 7 nitrogen and oxygen atoms in total. The number of likely N-dealkylation sites (tertiary alicyclic amines) is 1. The molecule has 8 heteroatoms. The van der Waals surface area contributed by atoms with Crippen LogP contribution in [-0.2, 0) is 11.3 Å². The summed E-state index contributed by atoms with van der Waals surface area (Å²) in [5, 5.41) is 12.6. The fraction of sp³-hybridized carbons (Fsp3) is 0.250. The molecule has 36 heavy (non-hydrogen) atoms. The number of anilines is 1. The average molecular weight is 500 g/mol. The second kappa shape index (κ2) is 11.4. The van der Waals surface area contributed by atoms with Gasteiger partial charge in [-0.2, -0.15) is 0 Å². The average Bonchev–Trinajstić information content (AvgIpc) is 3.56. The van der Waals surface area contributed by atoms with Crippen LogP contribution in [0.4, 0.5) is 5.69 Å². The summed E-state index contributed by atoms with van der Waals surface area (Å²) >= 11 is 1.38. The highest BCUT2D eigenvalue weighted by molar-refractivity contribution is 7.99. The second-order valence-corrected chi connectivity index (χ2v) is 9.74. The van der Waals surface area contributed by atoms with Gasteiger partial charge in [0.2, 0.25) is 5.91 Å². The molecule has 184 valence electrons. The van der Waals surface area contributed by atoms with Crippen LogP contribution in [0.15, 0.2) is 84.0 Å². The number of carbonyl (C=O) groups excluding carboxylic acids is 1. The number of aryl methyl sites for hydroxylation is 1. The molecular formula is C28H29N5O2S. The first-order valence-corrected chi connectivity index (χ1v) is 13.1. The molecule has 3 aromatic carbocycles. The third-order valence-corrected chi connectivity index (χ3v) is 6.95. The van der Waals surface area contributed by atoms with Gasteiger partial charge in [0.1, 0.15) is 5.75 Å². The normalized spacial score (nSPS) is 13.6. The molecule has 0 aliphatic carbocycles. The Bertz CT molecular complexity index is 1300. The smallest absolute Gasteiger partial charge is 0.234 e. The lowest BCUT2D eigenvalue weighted by molar-refractivity contribution is -0.113. The molecule has 1 aliphatic rings. The molecule has 0 saturated carbocycles. The zero-order valence-corrected chi connectivity index (χ0v) is 21.1. The van der Waals surface area contributed by atoms with Gasteiger partial charge in [-0.25, -0.2) is 0 Å². The van der Waals surface area contributed by atoms with Crippen LogP contribution >= 0.6 is 11.8 Å². The lowest BCUT2D eigenvalue weighted by Crippen LogP contribution is -2.21. The molecule has 0 atom stereocenters. The van der Waals surface area contributed by atoms with Crippen molar-refractivity contribution in [2.75, 3.05) is 24.2 Å². The number of para-hydroxylation sites is 3. The minimum atomic E-state index is -0.135. The van der Waals surface area contributed by atoms with Crippen molar-refractivity contribution >= 4 is 23.4 Å². The maximum atomic E-state index is 12.9. The van der Waals surface area contributed by atoms with Gasteiger partial charge >= 0.3 is 0 Å². The number of aromatic nitrogens is 3. The van der Waals surface area contributed by atoms with Crippen LogP contribution in [0.2, 0.25) is 0 Å². The number of thioether (sulfide) groups is 1. The van der Waals surface area contributed by atoms with Gasteiger partial charge in [0, 0.05) is 5.69 Å². The molecule has 0 bridgehead atoms. The molecule has 4 aromatic rings. The molecule has 1 aromatic heterocycles. The second-order valence-electron chi connectivity index (χ2n) is 8.80. The van der Waals surface area contributed by atoms with Crippen molar-refractivity contribution in [3.05, 3.63) is 90.3 Å². The van der Waals surface area contributed by atoms with Crippen molar-refractivity contribution in [2.45, 2.75) is 31.5 Å². The van der Waals surface area contributed by atoms with E-state index in [0.29, 0.717) is 16.6 Å². The Morgan fingerprint density at radius 1 is 0.944 bits per heavy atom. The highest BCUT2D eigenvalue weighted by atomic mass is 32.2.